The Balaban J connectivity index is 2.21. The molecule has 68 valence electrons. The van der Waals surface area contributed by atoms with Crippen LogP contribution in [0.25, 0.3) is 0 Å². The molecule has 1 aromatic rings. The molecule has 0 aromatic heterocycles. The maximum atomic E-state index is 10.8. The third-order valence-electron chi connectivity index (χ3n) is 2.97. The molecule has 1 aliphatic rings. The van der Waals surface area contributed by atoms with Gasteiger partial charge in [0.2, 0.25) is 0 Å². The molecular formula is C12H14O. The van der Waals surface area contributed by atoms with Crippen LogP contribution in [0.3, 0.4) is 0 Å². The molecular weight excluding hydrogens is 160 g/mol. The van der Waals surface area contributed by atoms with Crippen molar-refractivity contribution >= 4 is 6.29 Å². The Labute approximate surface area is 78.8 Å². The number of carbonyl (C=O) groups excluding carboxylic acids is 1. The molecule has 0 heterocycles. The van der Waals surface area contributed by atoms with Gasteiger partial charge in [0.15, 0.2) is 0 Å². The zero-order chi connectivity index (χ0) is 9.10. The van der Waals surface area contributed by atoms with Crippen molar-refractivity contribution in [1.29, 1.82) is 0 Å². The molecule has 0 unspecified atom stereocenters. The molecule has 0 amide bonds. The molecule has 1 nitrogen and oxygen atoms in total. The summed E-state index contributed by atoms with van der Waals surface area (Å²) in [4.78, 5) is 10.8. The lowest BCUT2D eigenvalue weighted by molar-refractivity contribution is -0.111. The lowest BCUT2D eigenvalue weighted by Gasteiger charge is -2.13. The van der Waals surface area contributed by atoms with Gasteiger partial charge >= 0.3 is 0 Å². The average molecular weight is 174 g/mol. The van der Waals surface area contributed by atoms with Gasteiger partial charge < -0.3 is 4.79 Å². The van der Waals surface area contributed by atoms with Crippen molar-refractivity contribution in [3.63, 3.8) is 0 Å². The van der Waals surface area contributed by atoms with Crippen molar-refractivity contribution in [1.82, 2.24) is 0 Å². The number of hydrogen-bond donors (Lipinski definition) is 0. The number of carbonyl (C=O) groups is 1. The van der Waals surface area contributed by atoms with Gasteiger partial charge in [0.05, 0.1) is 0 Å². The third kappa shape index (κ3) is 1.64. The molecule has 1 heteroatoms. The summed E-state index contributed by atoms with van der Waals surface area (Å²) in [7, 11) is 0. The standard InChI is InChI=1S/C12H14O/c13-9-11-7-4-8-12(11)10-5-2-1-3-6-10/h1-3,5-6,9,11-12H,4,7-8H2/t11-,12+/m0/s1. The van der Waals surface area contributed by atoms with Crippen LogP contribution in [0.4, 0.5) is 0 Å². The first-order valence-corrected chi connectivity index (χ1v) is 4.92. The first-order chi connectivity index (χ1) is 6.42. The molecule has 0 N–H and O–H groups in total. The van der Waals surface area contributed by atoms with E-state index in [0.29, 0.717) is 5.92 Å². The molecule has 0 bridgehead atoms. The fraction of sp³-hybridized carbons (Fsp3) is 0.417. The minimum Gasteiger partial charge on any atom is -0.303 e. The molecule has 0 saturated heterocycles. The van der Waals surface area contributed by atoms with E-state index < -0.39 is 0 Å². The van der Waals surface area contributed by atoms with E-state index in [0.717, 1.165) is 12.7 Å². The normalized spacial score (nSPS) is 27.4. The number of rotatable bonds is 2. The molecule has 2 atom stereocenters. The topological polar surface area (TPSA) is 17.1 Å². The second kappa shape index (κ2) is 3.73. The summed E-state index contributed by atoms with van der Waals surface area (Å²) in [5.41, 5.74) is 1.33. The summed E-state index contributed by atoms with van der Waals surface area (Å²) in [5.74, 6) is 0.751. The highest BCUT2D eigenvalue weighted by Gasteiger charge is 2.27. The molecule has 1 fully saturated rings. The second-order valence-electron chi connectivity index (χ2n) is 3.75. The first-order valence-electron chi connectivity index (χ1n) is 4.92. The lowest BCUT2D eigenvalue weighted by Crippen LogP contribution is -2.06. The van der Waals surface area contributed by atoms with Gasteiger partial charge in [0, 0.05) is 5.92 Å². The Bertz CT molecular complexity index is 278. The summed E-state index contributed by atoms with van der Waals surface area (Å²) in [6, 6.07) is 10.4. The predicted molar refractivity (Wildman–Crippen MR) is 52.6 cm³/mol. The van der Waals surface area contributed by atoms with Crippen LogP contribution in [0.1, 0.15) is 30.7 Å². The van der Waals surface area contributed by atoms with E-state index in [4.69, 9.17) is 0 Å². The number of hydrogen-bond acceptors (Lipinski definition) is 1. The highest BCUT2D eigenvalue weighted by Crippen LogP contribution is 2.37. The van der Waals surface area contributed by atoms with Crippen LogP contribution in [-0.2, 0) is 4.79 Å². The molecule has 1 aromatic carbocycles. The highest BCUT2D eigenvalue weighted by atomic mass is 16.1. The SMILES string of the molecule is O=C[C@@H]1CCC[C@@H]1c1ccccc1. The van der Waals surface area contributed by atoms with Crippen molar-refractivity contribution < 1.29 is 4.79 Å². The molecule has 0 radical (unpaired) electrons. The summed E-state index contributed by atoms with van der Waals surface area (Å²) in [6.07, 6.45) is 4.57. The predicted octanol–water partition coefficient (Wildman–Crippen LogP) is 2.77. The van der Waals surface area contributed by atoms with Crippen LogP contribution in [0.15, 0.2) is 30.3 Å². The summed E-state index contributed by atoms with van der Waals surface area (Å²) in [5, 5.41) is 0. The molecule has 2 rings (SSSR count). The minimum absolute atomic E-state index is 0.266. The van der Waals surface area contributed by atoms with Crippen molar-refractivity contribution in [3.8, 4) is 0 Å². The Kier molecular flexibility index (Phi) is 2.44. The van der Waals surface area contributed by atoms with Gasteiger partial charge in [-0.25, -0.2) is 0 Å². The molecule has 0 aliphatic heterocycles. The first kappa shape index (κ1) is 8.49. The van der Waals surface area contributed by atoms with Gasteiger partial charge in [-0.15, -0.1) is 0 Å². The van der Waals surface area contributed by atoms with Gasteiger partial charge in [-0.2, -0.15) is 0 Å². The van der Waals surface area contributed by atoms with Crippen LogP contribution in [0.2, 0.25) is 0 Å². The van der Waals surface area contributed by atoms with Gasteiger partial charge in [-0.1, -0.05) is 36.8 Å². The fourth-order valence-corrected chi connectivity index (χ4v) is 2.27. The van der Waals surface area contributed by atoms with Crippen LogP contribution in [0, 0.1) is 5.92 Å². The van der Waals surface area contributed by atoms with E-state index in [1.54, 1.807) is 0 Å². The highest BCUT2D eigenvalue weighted by molar-refractivity contribution is 5.56. The zero-order valence-electron chi connectivity index (χ0n) is 7.65. The van der Waals surface area contributed by atoms with Crippen molar-refractivity contribution in [2.75, 3.05) is 0 Å². The van der Waals surface area contributed by atoms with Crippen LogP contribution in [0.5, 0.6) is 0 Å². The number of aldehydes is 1. The van der Waals surface area contributed by atoms with Crippen molar-refractivity contribution in [3.05, 3.63) is 35.9 Å². The van der Waals surface area contributed by atoms with Gasteiger partial charge in [0.25, 0.3) is 0 Å². The molecule has 1 saturated carbocycles. The maximum Gasteiger partial charge on any atom is 0.123 e. The Morgan fingerprint density at radius 2 is 1.92 bits per heavy atom. The van der Waals surface area contributed by atoms with E-state index in [-0.39, 0.29) is 5.92 Å². The Hall–Kier alpha value is -1.11. The van der Waals surface area contributed by atoms with Crippen molar-refractivity contribution in [2.45, 2.75) is 25.2 Å². The second-order valence-corrected chi connectivity index (χ2v) is 3.75. The minimum atomic E-state index is 0.266. The molecule has 0 spiro atoms. The van der Waals surface area contributed by atoms with Crippen LogP contribution >= 0.6 is 0 Å². The quantitative estimate of drug-likeness (QED) is 0.630. The van der Waals surface area contributed by atoms with E-state index in [1.807, 2.05) is 6.07 Å². The average Bonchev–Trinajstić information content (AvgIpc) is 2.67. The Morgan fingerprint density at radius 1 is 1.15 bits per heavy atom. The summed E-state index contributed by atoms with van der Waals surface area (Å²) < 4.78 is 0. The zero-order valence-corrected chi connectivity index (χ0v) is 7.65. The summed E-state index contributed by atoms with van der Waals surface area (Å²) in [6.45, 7) is 0. The molecule has 13 heavy (non-hydrogen) atoms. The van der Waals surface area contributed by atoms with Crippen LogP contribution < -0.4 is 0 Å². The van der Waals surface area contributed by atoms with Gasteiger partial charge in [0.1, 0.15) is 6.29 Å². The smallest absolute Gasteiger partial charge is 0.123 e. The fourth-order valence-electron chi connectivity index (χ4n) is 2.27. The van der Waals surface area contributed by atoms with Gasteiger partial charge in [-0.05, 0) is 24.3 Å². The largest absolute Gasteiger partial charge is 0.303 e. The van der Waals surface area contributed by atoms with Crippen molar-refractivity contribution in [2.24, 2.45) is 5.92 Å². The molecule has 1 aliphatic carbocycles. The van der Waals surface area contributed by atoms with E-state index in [1.165, 1.54) is 18.4 Å². The summed E-state index contributed by atoms with van der Waals surface area (Å²) >= 11 is 0. The third-order valence-corrected chi connectivity index (χ3v) is 2.97. The van der Waals surface area contributed by atoms with E-state index in [2.05, 4.69) is 24.3 Å². The Morgan fingerprint density at radius 3 is 2.62 bits per heavy atom. The maximum absolute atomic E-state index is 10.8. The van der Waals surface area contributed by atoms with E-state index >= 15 is 0 Å². The monoisotopic (exact) mass is 174 g/mol. The lowest BCUT2D eigenvalue weighted by atomic mass is 9.90. The van der Waals surface area contributed by atoms with E-state index in [9.17, 15) is 4.79 Å². The van der Waals surface area contributed by atoms with Gasteiger partial charge in [-0.3, -0.25) is 0 Å². The number of benzene rings is 1. The van der Waals surface area contributed by atoms with Crippen LogP contribution in [-0.4, -0.2) is 6.29 Å².